The van der Waals surface area contributed by atoms with Crippen LogP contribution in [0, 0.1) is 5.92 Å². The molecule has 0 amide bonds. The molecule has 5 fully saturated rings. The van der Waals surface area contributed by atoms with E-state index >= 15 is 0 Å². The molecule has 3 saturated heterocycles. The van der Waals surface area contributed by atoms with Crippen LogP contribution in [0.4, 0.5) is 11.4 Å². The van der Waals surface area contributed by atoms with E-state index in [9.17, 15) is 10.2 Å². The first-order valence-corrected chi connectivity index (χ1v) is 15.0. The maximum Gasteiger partial charge on any atom is 0.142 e. The van der Waals surface area contributed by atoms with Crippen molar-refractivity contribution >= 4 is 11.4 Å². The van der Waals surface area contributed by atoms with Gasteiger partial charge in [-0.3, -0.25) is 16.0 Å². The third-order valence-corrected chi connectivity index (χ3v) is 10.4. The molecule has 0 spiro atoms. The third-order valence-electron chi connectivity index (χ3n) is 10.4. The number of hydrogen-bond donors (Lipinski definition) is 8. The molecule has 0 radical (unpaired) electrons. The molecule has 9 N–H and O–H groups in total. The van der Waals surface area contributed by atoms with Crippen molar-refractivity contribution in [1.29, 1.82) is 0 Å². The smallest absolute Gasteiger partial charge is 0.142 e. The Morgan fingerprint density at radius 2 is 1.87 bits per heavy atom. The van der Waals surface area contributed by atoms with Crippen molar-refractivity contribution in [3.63, 3.8) is 0 Å². The number of fused-ring (bicyclic) bond motifs is 2. The topological polar surface area (TPSA) is 142 Å². The summed E-state index contributed by atoms with van der Waals surface area (Å²) in [5, 5.41) is 39.1. The van der Waals surface area contributed by atoms with Crippen LogP contribution in [0.5, 0.6) is 0 Å². The van der Waals surface area contributed by atoms with Gasteiger partial charge in [0.2, 0.25) is 0 Å². The quantitative estimate of drug-likeness (QED) is 0.226. The van der Waals surface area contributed by atoms with Crippen LogP contribution in [0.3, 0.4) is 0 Å². The molecule has 0 aromatic heterocycles. The van der Waals surface area contributed by atoms with Crippen LogP contribution in [0.25, 0.3) is 0 Å². The number of hydrogen-bond acceptors (Lipinski definition) is 11. The molecule has 1 aromatic rings. The lowest BCUT2D eigenvalue weighted by atomic mass is 9.76. The minimum absolute atomic E-state index is 0.0222. The summed E-state index contributed by atoms with van der Waals surface area (Å²) in [4.78, 5) is 4.36. The maximum absolute atomic E-state index is 10.9. The van der Waals surface area contributed by atoms with E-state index in [-0.39, 0.29) is 18.4 Å². The van der Waals surface area contributed by atoms with Crippen molar-refractivity contribution in [2.45, 2.75) is 106 Å². The average Bonchev–Trinajstić information content (AvgIpc) is 3.54. The summed E-state index contributed by atoms with van der Waals surface area (Å²) in [5.41, 5.74) is 10.2. The number of rotatable bonds is 8. The second-order valence-electron chi connectivity index (χ2n) is 12.8. The first kappa shape index (κ1) is 26.4. The highest BCUT2D eigenvalue weighted by molar-refractivity contribution is 5.75. The molecule has 4 unspecified atom stereocenters. The number of aliphatic hydroxyl groups excluding tert-OH is 2. The molecule has 11 heteroatoms. The molecule has 4 heterocycles. The Balaban J connectivity index is 0.851. The first-order chi connectivity index (χ1) is 18.9. The van der Waals surface area contributed by atoms with Crippen LogP contribution >= 0.6 is 0 Å². The fourth-order valence-electron chi connectivity index (χ4n) is 7.50. The molecule has 2 saturated carbocycles. The van der Waals surface area contributed by atoms with Crippen molar-refractivity contribution in [3.8, 4) is 0 Å². The number of anilines is 2. The predicted octanol–water partition coefficient (Wildman–Crippen LogP) is 0.0474. The summed E-state index contributed by atoms with van der Waals surface area (Å²) in [7, 11) is 2.12. The molecule has 39 heavy (non-hydrogen) atoms. The highest BCUT2D eigenvalue weighted by Gasteiger charge is 2.52. The average molecular weight is 543 g/mol. The highest BCUT2D eigenvalue weighted by Crippen LogP contribution is 2.41. The first-order valence-electron chi connectivity index (χ1n) is 15.0. The summed E-state index contributed by atoms with van der Waals surface area (Å²) in [6, 6.07) is 7.43. The van der Waals surface area contributed by atoms with Crippen molar-refractivity contribution < 1.29 is 14.9 Å². The number of likely N-dealkylation sites (N-methyl/N-ethyl adjacent to an activating group) is 1. The van der Waals surface area contributed by atoms with Crippen molar-refractivity contribution in [3.05, 3.63) is 23.8 Å². The second kappa shape index (κ2) is 10.7. The van der Waals surface area contributed by atoms with Crippen LogP contribution in [0.15, 0.2) is 18.2 Å². The van der Waals surface area contributed by atoms with Gasteiger partial charge in [-0.25, -0.2) is 4.90 Å². The predicted molar refractivity (Wildman–Crippen MR) is 150 cm³/mol. The van der Waals surface area contributed by atoms with Crippen LogP contribution < -0.4 is 32.3 Å². The Morgan fingerprint density at radius 1 is 1.05 bits per heavy atom. The summed E-state index contributed by atoms with van der Waals surface area (Å²) < 4.78 is 6.28. The molecule has 4 aliphatic heterocycles. The normalized spacial score (nSPS) is 42.0. The number of aliphatic hydroxyl groups is 2. The van der Waals surface area contributed by atoms with Gasteiger partial charge in [0, 0.05) is 19.3 Å². The molecule has 0 bridgehead atoms. The van der Waals surface area contributed by atoms with Gasteiger partial charge in [-0.1, -0.05) is 12.5 Å². The Kier molecular flexibility index (Phi) is 7.23. The van der Waals surface area contributed by atoms with Crippen LogP contribution in [-0.2, 0) is 4.74 Å². The van der Waals surface area contributed by atoms with Crippen LogP contribution in [-0.4, -0.2) is 102 Å². The molecular weight excluding hydrogens is 496 g/mol. The van der Waals surface area contributed by atoms with Gasteiger partial charge in [0.15, 0.2) is 0 Å². The monoisotopic (exact) mass is 542 g/mol. The Morgan fingerprint density at radius 3 is 2.67 bits per heavy atom. The number of benzene rings is 1. The molecule has 1 aromatic carbocycles. The van der Waals surface area contributed by atoms with Gasteiger partial charge in [-0.2, -0.15) is 0 Å². The SMILES string of the molecule is CN(C[C@H]1O[C@@H](N2CNC3C(N)NCNC32)[C@H](O)[C@@H]1O)C1CC(CCC2Nc3ccc(C4CCC4)cc3N2)C1. The third kappa shape index (κ3) is 4.96. The molecule has 8 atom stereocenters. The number of nitrogens with one attached hydrogen (secondary N) is 5. The van der Waals surface area contributed by atoms with Gasteiger partial charge in [0.1, 0.15) is 24.5 Å². The largest absolute Gasteiger partial charge is 0.387 e. The van der Waals surface area contributed by atoms with Gasteiger partial charge in [-0.15, -0.1) is 0 Å². The van der Waals surface area contributed by atoms with Gasteiger partial charge in [0.05, 0.1) is 42.6 Å². The van der Waals surface area contributed by atoms with E-state index in [1.54, 1.807) is 0 Å². The van der Waals surface area contributed by atoms with Crippen LogP contribution in [0.1, 0.15) is 56.4 Å². The Bertz CT molecular complexity index is 1020. The molecule has 216 valence electrons. The second-order valence-corrected chi connectivity index (χ2v) is 12.8. The Hall–Kier alpha value is -1.54. The zero-order valence-corrected chi connectivity index (χ0v) is 22.9. The van der Waals surface area contributed by atoms with E-state index in [0.29, 0.717) is 32.1 Å². The highest BCUT2D eigenvalue weighted by atomic mass is 16.6. The standard InChI is InChI=1S/C28H46N8O3/c1-35(12-21-24(37)25(38)28(39-21)36-14-32-23-26(29)30-13-31-27(23)36)18-9-15(10-18)5-8-22-33-19-7-6-17(11-20(19)34-22)16-3-2-4-16/h6-7,11,15-16,18,21-28,30-34,37-38H,2-5,8-10,12-14,29H2,1H3/t15?,18?,21-,22?,23?,24-,25-,26?,27?,28-/m1/s1. The van der Waals surface area contributed by atoms with Gasteiger partial charge in [-0.05, 0) is 75.1 Å². The summed E-state index contributed by atoms with van der Waals surface area (Å²) >= 11 is 0. The fraction of sp³-hybridized carbons (Fsp3) is 0.786. The van der Waals surface area contributed by atoms with E-state index < -0.39 is 24.5 Å². The lowest BCUT2D eigenvalue weighted by Gasteiger charge is -2.42. The van der Waals surface area contributed by atoms with Crippen molar-refractivity contribution in [2.75, 3.05) is 37.6 Å². The minimum atomic E-state index is -0.952. The zero-order valence-electron chi connectivity index (χ0n) is 22.9. The fourth-order valence-corrected chi connectivity index (χ4v) is 7.50. The number of nitrogens with zero attached hydrogens (tertiary/aromatic N) is 2. The van der Waals surface area contributed by atoms with Gasteiger partial charge in [0.25, 0.3) is 0 Å². The van der Waals surface area contributed by atoms with Gasteiger partial charge >= 0.3 is 0 Å². The Labute approximate surface area is 231 Å². The van der Waals surface area contributed by atoms with Gasteiger partial charge < -0.3 is 36.2 Å². The summed E-state index contributed by atoms with van der Waals surface area (Å²) in [6.45, 7) is 1.76. The number of nitrogens with two attached hydrogens (primary N) is 1. The van der Waals surface area contributed by atoms with Crippen molar-refractivity contribution in [1.82, 2.24) is 25.8 Å². The zero-order chi connectivity index (χ0) is 26.7. The molecule has 11 nitrogen and oxygen atoms in total. The van der Waals surface area contributed by atoms with E-state index in [1.165, 1.54) is 55.5 Å². The molecule has 2 aliphatic carbocycles. The van der Waals surface area contributed by atoms with E-state index in [0.717, 1.165) is 18.3 Å². The maximum atomic E-state index is 10.9. The van der Waals surface area contributed by atoms with Crippen LogP contribution in [0.2, 0.25) is 0 Å². The molecular formula is C28H46N8O3. The minimum Gasteiger partial charge on any atom is -0.387 e. The van der Waals surface area contributed by atoms with E-state index in [1.807, 2.05) is 0 Å². The summed E-state index contributed by atoms with van der Waals surface area (Å²) in [5.74, 6) is 1.49. The van der Waals surface area contributed by atoms with Crippen molar-refractivity contribution in [2.24, 2.45) is 11.7 Å². The lowest BCUT2D eigenvalue weighted by molar-refractivity contribution is -0.108. The van der Waals surface area contributed by atoms with E-state index in [2.05, 4.69) is 61.6 Å². The summed E-state index contributed by atoms with van der Waals surface area (Å²) in [6.07, 6.45) is 5.97. The lowest BCUT2D eigenvalue weighted by Crippen LogP contribution is -2.68. The number of ether oxygens (including phenoxy) is 1. The molecule has 6 aliphatic rings. The van der Waals surface area contributed by atoms with E-state index in [4.69, 9.17) is 10.5 Å². The molecule has 7 rings (SSSR count).